The molecule has 2 unspecified atom stereocenters. The van der Waals surface area contributed by atoms with Gasteiger partial charge in [-0.25, -0.2) is 0 Å². The number of piperidine rings is 1. The molecule has 1 fully saturated rings. The molecule has 1 rings (SSSR count). The van der Waals surface area contributed by atoms with E-state index in [1.54, 1.807) is 0 Å². The van der Waals surface area contributed by atoms with E-state index in [-0.39, 0.29) is 42.7 Å². The van der Waals surface area contributed by atoms with Gasteiger partial charge in [-0.3, -0.25) is 4.79 Å². The molecule has 0 spiro atoms. The molecule has 1 heterocycles. The first-order valence-electron chi connectivity index (χ1n) is 6.80. The van der Waals surface area contributed by atoms with Gasteiger partial charge in [-0.15, -0.1) is 24.8 Å². The van der Waals surface area contributed by atoms with Crippen LogP contribution >= 0.6 is 24.8 Å². The van der Waals surface area contributed by atoms with Crippen LogP contribution in [0.15, 0.2) is 0 Å². The summed E-state index contributed by atoms with van der Waals surface area (Å²) in [6, 6.07) is 0.250. The predicted octanol–water partition coefficient (Wildman–Crippen LogP) is 1.68. The molecular weight excluding hydrogens is 285 g/mol. The van der Waals surface area contributed by atoms with Crippen molar-refractivity contribution < 1.29 is 4.79 Å². The molecular formula is C13H29Cl2N3O. The maximum atomic E-state index is 11.8. The highest BCUT2D eigenvalue weighted by molar-refractivity contribution is 5.85. The molecule has 116 valence electrons. The van der Waals surface area contributed by atoms with Gasteiger partial charge in [-0.1, -0.05) is 13.3 Å². The van der Waals surface area contributed by atoms with Crippen molar-refractivity contribution in [3.8, 4) is 0 Å². The molecule has 0 aliphatic carbocycles. The number of carbonyl (C=O) groups excluding carboxylic acids is 1. The molecule has 1 amide bonds. The van der Waals surface area contributed by atoms with Gasteiger partial charge < -0.3 is 15.5 Å². The zero-order chi connectivity index (χ0) is 12.7. The Balaban J connectivity index is 0. The third-order valence-corrected chi connectivity index (χ3v) is 3.33. The van der Waals surface area contributed by atoms with Gasteiger partial charge in [-0.05, 0) is 39.9 Å². The van der Waals surface area contributed by atoms with E-state index >= 15 is 0 Å². The molecule has 1 aliphatic rings. The minimum Gasteiger partial charge on any atom is -0.352 e. The summed E-state index contributed by atoms with van der Waals surface area (Å²) in [7, 11) is 1.88. The lowest BCUT2D eigenvalue weighted by Gasteiger charge is -2.29. The summed E-state index contributed by atoms with van der Waals surface area (Å²) in [5, 5.41) is 6.12. The second kappa shape index (κ2) is 11.8. The van der Waals surface area contributed by atoms with E-state index in [4.69, 9.17) is 0 Å². The fraction of sp³-hybridized carbons (Fsp3) is 0.923. The molecule has 0 bridgehead atoms. The van der Waals surface area contributed by atoms with E-state index < -0.39 is 0 Å². The van der Waals surface area contributed by atoms with Crippen molar-refractivity contribution in [1.82, 2.24) is 15.5 Å². The predicted molar refractivity (Wildman–Crippen MR) is 85.5 cm³/mol. The molecule has 1 saturated heterocycles. The quantitative estimate of drug-likeness (QED) is 0.784. The fourth-order valence-corrected chi connectivity index (χ4v) is 2.36. The lowest BCUT2D eigenvalue weighted by molar-refractivity contribution is -0.125. The number of carbonyl (C=O) groups is 1. The number of hydrogen-bond donors (Lipinski definition) is 2. The molecule has 0 aromatic heterocycles. The number of nitrogens with zero attached hydrogens (tertiary/aromatic N) is 1. The Hall–Kier alpha value is -0.0300. The van der Waals surface area contributed by atoms with Crippen LogP contribution in [0.25, 0.3) is 0 Å². The van der Waals surface area contributed by atoms with Crippen LogP contribution in [0.5, 0.6) is 0 Å². The van der Waals surface area contributed by atoms with Crippen molar-refractivity contribution in [3.63, 3.8) is 0 Å². The first kappa shape index (κ1) is 21.3. The highest BCUT2D eigenvalue weighted by atomic mass is 35.5. The van der Waals surface area contributed by atoms with Crippen molar-refractivity contribution in [2.24, 2.45) is 5.92 Å². The van der Waals surface area contributed by atoms with Crippen LogP contribution in [0, 0.1) is 5.92 Å². The smallest absolute Gasteiger partial charge is 0.224 e. The van der Waals surface area contributed by atoms with Gasteiger partial charge >= 0.3 is 0 Å². The summed E-state index contributed by atoms with van der Waals surface area (Å²) in [5.74, 6) is 0.202. The molecule has 19 heavy (non-hydrogen) atoms. The Morgan fingerprint density at radius 3 is 2.26 bits per heavy atom. The van der Waals surface area contributed by atoms with Crippen LogP contribution < -0.4 is 10.6 Å². The molecule has 6 heteroatoms. The summed E-state index contributed by atoms with van der Waals surface area (Å²) in [6.45, 7) is 8.15. The van der Waals surface area contributed by atoms with Gasteiger partial charge in [0, 0.05) is 25.0 Å². The van der Waals surface area contributed by atoms with Crippen LogP contribution in [0.2, 0.25) is 0 Å². The minimum atomic E-state index is 0. The van der Waals surface area contributed by atoms with Gasteiger partial charge in [0.1, 0.15) is 0 Å². The van der Waals surface area contributed by atoms with Gasteiger partial charge in [0.05, 0.1) is 0 Å². The summed E-state index contributed by atoms with van der Waals surface area (Å²) >= 11 is 0. The van der Waals surface area contributed by atoms with Gasteiger partial charge in [0.25, 0.3) is 0 Å². The van der Waals surface area contributed by atoms with E-state index in [1.807, 2.05) is 14.0 Å². The van der Waals surface area contributed by atoms with Crippen LogP contribution in [0.1, 0.15) is 33.1 Å². The van der Waals surface area contributed by atoms with E-state index in [9.17, 15) is 4.79 Å². The average Bonchev–Trinajstić information content (AvgIpc) is 2.30. The van der Waals surface area contributed by atoms with E-state index in [0.717, 1.165) is 13.1 Å². The number of hydrogen-bond acceptors (Lipinski definition) is 3. The third-order valence-electron chi connectivity index (χ3n) is 3.33. The highest BCUT2D eigenvalue weighted by Crippen LogP contribution is 2.08. The van der Waals surface area contributed by atoms with E-state index in [2.05, 4.69) is 22.5 Å². The third kappa shape index (κ3) is 8.69. The van der Waals surface area contributed by atoms with Crippen LogP contribution in [0.3, 0.4) is 0 Å². The van der Waals surface area contributed by atoms with Gasteiger partial charge in [0.2, 0.25) is 5.91 Å². The fourth-order valence-electron chi connectivity index (χ4n) is 2.36. The van der Waals surface area contributed by atoms with Crippen LogP contribution in [0.4, 0.5) is 0 Å². The lowest BCUT2D eigenvalue weighted by Crippen LogP contribution is -2.46. The largest absolute Gasteiger partial charge is 0.352 e. The molecule has 2 N–H and O–H groups in total. The molecule has 0 aromatic rings. The number of nitrogens with one attached hydrogen (secondary N) is 2. The first-order chi connectivity index (χ1) is 8.13. The lowest BCUT2D eigenvalue weighted by atomic mass is 10.1. The van der Waals surface area contributed by atoms with E-state index in [0.29, 0.717) is 0 Å². The standard InChI is InChI=1S/C13H27N3O.2ClH/c1-11(9-14-3)13(17)15-12(2)10-16-7-5-4-6-8-16;;/h11-12,14H,4-10H2,1-3H3,(H,15,17);2*1H. The Kier molecular flexibility index (Phi) is 13.2. The van der Waals surface area contributed by atoms with E-state index in [1.165, 1.54) is 32.4 Å². The molecule has 0 radical (unpaired) electrons. The number of amides is 1. The zero-order valence-corrected chi connectivity index (χ0v) is 13.9. The average molecular weight is 314 g/mol. The number of halogens is 2. The Bertz CT molecular complexity index is 236. The number of rotatable bonds is 6. The monoisotopic (exact) mass is 313 g/mol. The van der Waals surface area contributed by atoms with Crippen molar-refractivity contribution in [1.29, 1.82) is 0 Å². The summed E-state index contributed by atoms with van der Waals surface area (Å²) in [6.07, 6.45) is 3.96. The Morgan fingerprint density at radius 1 is 1.16 bits per heavy atom. The normalized spacial score (nSPS) is 18.7. The zero-order valence-electron chi connectivity index (χ0n) is 12.3. The summed E-state index contributed by atoms with van der Waals surface area (Å²) < 4.78 is 0. The van der Waals surface area contributed by atoms with Gasteiger partial charge in [-0.2, -0.15) is 0 Å². The Labute approximate surface area is 129 Å². The maximum Gasteiger partial charge on any atom is 0.224 e. The number of likely N-dealkylation sites (tertiary alicyclic amines) is 1. The second-order valence-corrected chi connectivity index (χ2v) is 5.23. The maximum absolute atomic E-state index is 11.8. The first-order valence-corrected chi connectivity index (χ1v) is 6.80. The van der Waals surface area contributed by atoms with Crippen molar-refractivity contribution in [2.75, 3.05) is 33.2 Å². The Morgan fingerprint density at radius 2 is 1.74 bits per heavy atom. The molecule has 4 nitrogen and oxygen atoms in total. The van der Waals surface area contributed by atoms with Crippen LogP contribution in [-0.2, 0) is 4.79 Å². The van der Waals surface area contributed by atoms with Crippen molar-refractivity contribution in [3.05, 3.63) is 0 Å². The minimum absolute atomic E-state index is 0. The molecule has 1 aliphatic heterocycles. The van der Waals surface area contributed by atoms with Gasteiger partial charge in [0.15, 0.2) is 0 Å². The molecule has 0 aromatic carbocycles. The highest BCUT2D eigenvalue weighted by Gasteiger charge is 2.17. The SMILES string of the molecule is CNCC(C)C(=O)NC(C)CN1CCCCC1.Cl.Cl. The summed E-state index contributed by atoms with van der Waals surface area (Å²) in [5.41, 5.74) is 0. The van der Waals surface area contributed by atoms with Crippen LogP contribution in [-0.4, -0.2) is 50.1 Å². The van der Waals surface area contributed by atoms with Crippen molar-refractivity contribution in [2.45, 2.75) is 39.2 Å². The molecule has 0 saturated carbocycles. The second-order valence-electron chi connectivity index (χ2n) is 5.23. The summed E-state index contributed by atoms with van der Waals surface area (Å²) in [4.78, 5) is 14.3. The molecule has 2 atom stereocenters. The topological polar surface area (TPSA) is 44.4 Å². The van der Waals surface area contributed by atoms with Crippen molar-refractivity contribution >= 4 is 30.7 Å².